The van der Waals surface area contributed by atoms with Crippen molar-refractivity contribution < 1.29 is 4.79 Å². The Morgan fingerprint density at radius 2 is 1.88 bits per heavy atom. The summed E-state index contributed by atoms with van der Waals surface area (Å²) < 4.78 is 0. The molecule has 1 aliphatic carbocycles. The summed E-state index contributed by atoms with van der Waals surface area (Å²) in [6, 6.07) is 11.4. The number of piperidine rings is 1. The van der Waals surface area contributed by atoms with Crippen molar-refractivity contribution in [1.82, 2.24) is 15.1 Å². The molecule has 0 spiro atoms. The molecule has 24 heavy (non-hydrogen) atoms. The first-order valence-corrected chi connectivity index (χ1v) is 9.57. The van der Waals surface area contributed by atoms with E-state index in [1.807, 2.05) is 4.90 Å². The molecule has 1 N–H and O–H groups in total. The number of hydrogen-bond acceptors (Lipinski definition) is 2. The first-order valence-electron chi connectivity index (χ1n) is 9.57. The van der Waals surface area contributed by atoms with E-state index in [4.69, 9.17) is 0 Å². The van der Waals surface area contributed by atoms with Crippen LogP contribution in [0.5, 0.6) is 0 Å². The van der Waals surface area contributed by atoms with Crippen molar-refractivity contribution >= 4 is 6.03 Å². The second kappa shape index (κ2) is 8.52. The lowest BCUT2D eigenvalue weighted by Gasteiger charge is -2.32. The van der Waals surface area contributed by atoms with Crippen molar-refractivity contribution in [1.29, 1.82) is 0 Å². The van der Waals surface area contributed by atoms with Crippen LogP contribution in [0.25, 0.3) is 0 Å². The third-order valence-electron chi connectivity index (χ3n) is 5.21. The van der Waals surface area contributed by atoms with Crippen molar-refractivity contribution in [2.24, 2.45) is 5.92 Å². The molecule has 2 fully saturated rings. The van der Waals surface area contributed by atoms with E-state index in [0.717, 1.165) is 39.1 Å². The fourth-order valence-corrected chi connectivity index (χ4v) is 3.60. The maximum atomic E-state index is 12.4. The van der Waals surface area contributed by atoms with E-state index in [9.17, 15) is 4.79 Å². The van der Waals surface area contributed by atoms with Gasteiger partial charge in [-0.3, -0.25) is 4.90 Å². The van der Waals surface area contributed by atoms with Gasteiger partial charge in [0.1, 0.15) is 0 Å². The Labute approximate surface area is 146 Å². The zero-order valence-electron chi connectivity index (χ0n) is 14.9. The Morgan fingerprint density at radius 3 is 2.50 bits per heavy atom. The van der Waals surface area contributed by atoms with Crippen LogP contribution >= 0.6 is 0 Å². The zero-order chi connectivity index (χ0) is 16.8. The molecular weight excluding hydrogens is 298 g/mol. The molecule has 2 aliphatic rings. The second-order valence-corrected chi connectivity index (χ2v) is 7.32. The molecule has 0 bridgehead atoms. The van der Waals surface area contributed by atoms with E-state index < -0.39 is 0 Å². The highest BCUT2D eigenvalue weighted by molar-refractivity contribution is 5.74. The highest BCUT2D eigenvalue weighted by atomic mass is 16.2. The highest BCUT2D eigenvalue weighted by Gasteiger charge is 2.32. The topological polar surface area (TPSA) is 35.6 Å². The average molecular weight is 329 g/mol. The molecule has 1 saturated heterocycles. The molecule has 1 aromatic carbocycles. The van der Waals surface area contributed by atoms with Crippen LogP contribution in [0.15, 0.2) is 30.3 Å². The molecule has 4 nitrogen and oxygen atoms in total. The molecule has 3 rings (SSSR count). The van der Waals surface area contributed by atoms with Crippen LogP contribution < -0.4 is 5.32 Å². The monoisotopic (exact) mass is 329 g/mol. The van der Waals surface area contributed by atoms with Crippen molar-refractivity contribution in [3.63, 3.8) is 0 Å². The summed E-state index contributed by atoms with van der Waals surface area (Å²) in [6.07, 6.45) is 5.78. The van der Waals surface area contributed by atoms with Gasteiger partial charge in [-0.1, -0.05) is 37.3 Å². The fraction of sp³-hybridized carbons (Fsp3) is 0.650. The smallest absolute Gasteiger partial charge is 0.317 e. The van der Waals surface area contributed by atoms with Crippen molar-refractivity contribution in [3.8, 4) is 0 Å². The summed E-state index contributed by atoms with van der Waals surface area (Å²) in [5.41, 5.74) is 1.39. The molecule has 0 unspecified atom stereocenters. The van der Waals surface area contributed by atoms with Gasteiger partial charge in [0, 0.05) is 25.7 Å². The molecule has 1 aromatic rings. The van der Waals surface area contributed by atoms with Gasteiger partial charge in [-0.05, 0) is 56.7 Å². The zero-order valence-corrected chi connectivity index (χ0v) is 14.9. The van der Waals surface area contributed by atoms with Crippen molar-refractivity contribution in [2.75, 3.05) is 26.2 Å². The Hall–Kier alpha value is -1.55. The van der Waals surface area contributed by atoms with E-state index in [1.165, 1.54) is 31.2 Å². The molecule has 1 heterocycles. The van der Waals surface area contributed by atoms with E-state index in [0.29, 0.717) is 12.0 Å². The lowest BCUT2D eigenvalue weighted by Crippen LogP contribution is -2.45. The Morgan fingerprint density at radius 1 is 1.17 bits per heavy atom. The lowest BCUT2D eigenvalue weighted by atomic mass is 9.96. The predicted molar refractivity (Wildman–Crippen MR) is 97.9 cm³/mol. The van der Waals surface area contributed by atoms with Crippen molar-refractivity contribution in [2.45, 2.75) is 51.6 Å². The van der Waals surface area contributed by atoms with Crippen LogP contribution in [0.1, 0.15) is 44.6 Å². The number of rotatable bonds is 7. The summed E-state index contributed by atoms with van der Waals surface area (Å²) in [5, 5.41) is 3.19. The highest BCUT2D eigenvalue weighted by Crippen LogP contribution is 2.27. The SMILES string of the molecule is CCCN(C(=O)NCC1CCN(Cc2ccccc2)CC1)C1CC1. The molecule has 0 aromatic heterocycles. The van der Waals surface area contributed by atoms with Gasteiger partial charge in [0.2, 0.25) is 0 Å². The summed E-state index contributed by atoms with van der Waals surface area (Å²) in [6.45, 7) is 7.20. The Balaban J connectivity index is 1.37. The number of urea groups is 1. The van der Waals surface area contributed by atoms with Crippen LogP contribution in [0.3, 0.4) is 0 Å². The van der Waals surface area contributed by atoms with Crippen LogP contribution in [0, 0.1) is 5.92 Å². The third kappa shape index (κ3) is 4.97. The Bertz CT molecular complexity index is 507. The molecule has 2 amide bonds. The minimum Gasteiger partial charge on any atom is -0.338 e. The van der Waals surface area contributed by atoms with Crippen molar-refractivity contribution in [3.05, 3.63) is 35.9 Å². The molecule has 0 atom stereocenters. The fourth-order valence-electron chi connectivity index (χ4n) is 3.60. The predicted octanol–water partition coefficient (Wildman–Crippen LogP) is 3.48. The maximum absolute atomic E-state index is 12.4. The number of likely N-dealkylation sites (tertiary alicyclic amines) is 1. The summed E-state index contributed by atoms with van der Waals surface area (Å²) in [4.78, 5) is 16.9. The number of nitrogens with zero attached hydrogens (tertiary/aromatic N) is 2. The maximum Gasteiger partial charge on any atom is 0.317 e. The van der Waals surface area contributed by atoms with Gasteiger partial charge in [-0.15, -0.1) is 0 Å². The van der Waals surface area contributed by atoms with E-state index >= 15 is 0 Å². The minimum absolute atomic E-state index is 0.158. The standard InChI is InChI=1S/C20H31N3O/c1-2-12-23(19-8-9-19)20(24)21-15-17-10-13-22(14-11-17)16-18-6-4-3-5-7-18/h3-7,17,19H,2,8-16H2,1H3,(H,21,24). The largest absolute Gasteiger partial charge is 0.338 e. The lowest BCUT2D eigenvalue weighted by molar-refractivity contribution is 0.167. The normalized spacial score (nSPS) is 19.2. The van der Waals surface area contributed by atoms with Gasteiger partial charge in [0.15, 0.2) is 0 Å². The van der Waals surface area contributed by atoms with Gasteiger partial charge in [0.05, 0.1) is 0 Å². The quantitative estimate of drug-likeness (QED) is 0.831. The number of amides is 2. The molecule has 1 aliphatic heterocycles. The van der Waals surface area contributed by atoms with E-state index in [1.54, 1.807) is 0 Å². The summed E-state index contributed by atoms with van der Waals surface area (Å²) in [7, 11) is 0. The number of carbonyl (C=O) groups excluding carboxylic acids is 1. The molecular formula is C20H31N3O. The molecule has 4 heteroatoms. The second-order valence-electron chi connectivity index (χ2n) is 7.32. The van der Waals surface area contributed by atoms with Crippen LogP contribution in [0.2, 0.25) is 0 Å². The first kappa shape index (κ1) is 17.3. The molecule has 132 valence electrons. The summed E-state index contributed by atoms with van der Waals surface area (Å²) >= 11 is 0. The molecule has 1 saturated carbocycles. The first-order chi connectivity index (χ1) is 11.8. The minimum atomic E-state index is 0.158. The van der Waals surface area contributed by atoms with Gasteiger partial charge in [0.25, 0.3) is 0 Å². The number of benzene rings is 1. The van der Waals surface area contributed by atoms with Crippen LogP contribution in [0.4, 0.5) is 4.79 Å². The third-order valence-corrected chi connectivity index (χ3v) is 5.21. The van der Waals surface area contributed by atoms with E-state index in [2.05, 4.69) is 47.5 Å². The summed E-state index contributed by atoms with van der Waals surface area (Å²) in [5.74, 6) is 0.628. The molecule has 0 radical (unpaired) electrons. The number of hydrogen-bond donors (Lipinski definition) is 1. The Kier molecular flexibility index (Phi) is 6.13. The number of nitrogens with one attached hydrogen (secondary N) is 1. The van der Waals surface area contributed by atoms with Crippen LogP contribution in [-0.4, -0.2) is 48.1 Å². The van der Waals surface area contributed by atoms with Crippen LogP contribution in [-0.2, 0) is 6.54 Å². The average Bonchev–Trinajstić information content (AvgIpc) is 3.44. The van der Waals surface area contributed by atoms with Gasteiger partial charge in [-0.25, -0.2) is 4.79 Å². The van der Waals surface area contributed by atoms with Gasteiger partial charge in [-0.2, -0.15) is 0 Å². The number of carbonyl (C=O) groups is 1. The van der Waals surface area contributed by atoms with Gasteiger partial charge < -0.3 is 10.2 Å². The van der Waals surface area contributed by atoms with E-state index in [-0.39, 0.29) is 6.03 Å². The van der Waals surface area contributed by atoms with Gasteiger partial charge >= 0.3 is 6.03 Å².